The first kappa shape index (κ1) is 44.0. The van der Waals surface area contributed by atoms with Crippen molar-refractivity contribution in [3.05, 3.63) is 60.8 Å². The summed E-state index contributed by atoms with van der Waals surface area (Å²) in [5, 5.41) is 11.5. The van der Waals surface area contributed by atoms with Gasteiger partial charge in [0.25, 0.3) is 0 Å². The van der Waals surface area contributed by atoms with Crippen molar-refractivity contribution in [1.82, 2.24) is 0 Å². The summed E-state index contributed by atoms with van der Waals surface area (Å²) in [6.07, 6.45) is 34.2. The van der Waals surface area contributed by atoms with Crippen LogP contribution in [0, 0.1) is 0 Å². The quantitative estimate of drug-likeness (QED) is 0.0344. The van der Waals surface area contributed by atoms with Gasteiger partial charge in [0.05, 0.1) is 40.3 Å². The van der Waals surface area contributed by atoms with Gasteiger partial charge in [-0.05, 0) is 64.2 Å². The average molecular weight is 660 g/mol. The summed E-state index contributed by atoms with van der Waals surface area (Å²) < 4.78 is 16.9. The summed E-state index contributed by atoms with van der Waals surface area (Å²) in [6.45, 7) is 4.36. The molecule has 2 unspecified atom stereocenters. The van der Waals surface area contributed by atoms with E-state index < -0.39 is 18.1 Å². The van der Waals surface area contributed by atoms with Crippen LogP contribution in [0.5, 0.6) is 0 Å². The molecular weight excluding hydrogens is 594 g/mol. The number of likely N-dealkylation sites (N-methyl/N-ethyl adjacent to an activating group) is 1. The number of carbonyl (C=O) groups excluding carboxylic acids is 3. The molecule has 0 aromatic heterocycles. The zero-order valence-electron chi connectivity index (χ0n) is 30.2. The molecule has 0 bridgehead atoms. The third-order valence-corrected chi connectivity index (χ3v) is 7.40. The minimum absolute atomic E-state index is 0.0116. The molecule has 0 spiro atoms. The predicted molar refractivity (Wildman–Crippen MR) is 189 cm³/mol. The number of unbranched alkanes of at least 4 members (excludes halogenated alkanes) is 6. The Balaban J connectivity index is 4.47. The van der Waals surface area contributed by atoms with Crippen molar-refractivity contribution >= 4 is 17.9 Å². The van der Waals surface area contributed by atoms with Crippen LogP contribution in [0.1, 0.15) is 117 Å². The normalized spacial score (nSPS) is 13.8. The number of esters is 2. The van der Waals surface area contributed by atoms with E-state index in [9.17, 15) is 19.5 Å². The van der Waals surface area contributed by atoms with Crippen LogP contribution in [0.4, 0.5) is 0 Å². The molecule has 0 aliphatic rings. The molecule has 0 aromatic rings. The summed E-state index contributed by atoms with van der Waals surface area (Å²) in [6, 6.07) is -0.735. The summed E-state index contributed by atoms with van der Waals surface area (Å²) in [7, 11) is 5.35. The minimum atomic E-state index is -1.14. The molecule has 0 heterocycles. The number of ether oxygens (including phenoxy) is 3. The lowest BCUT2D eigenvalue weighted by Gasteiger charge is -2.34. The second kappa shape index (κ2) is 30.4. The number of hydrogen-bond donors (Lipinski definition) is 0. The van der Waals surface area contributed by atoms with Gasteiger partial charge in [0.2, 0.25) is 0 Å². The third-order valence-electron chi connectivity index (χ3n) is 7.40. The number of aliphatic carboxylic acids is 1. The molecular formula is C39H65NO7. The number of hydrogen-bond acceptors (Lipinski definition) is 7. The van der Waals surface area contributed by atoms with E-state index in [-0.39, 0.29) is 49.1 Å². The molecule has 0 aromatic carbocycles. The van der Waals surface area contributed by atoms with Gasteiger partial charge in [0.1, 0.15) is 12.6 Å². The molecule has 2 atom stereocenters. The Morgan fingerprint density at radius 2 is 1.23 bits per heavy atom. The molecule has 0 rings (SSSR count). The van der Waals surface area contributed by atoms with Gasteiger partial charge in [-0.15, -0.1) is 0 Å². The first-order valence-electron chi connectivity index (χ1n) is 17.8. The summed E-state index contributed by atoms with van der Waals surface area (Å²) in [4.78, 5) is 36.4. The van der Waals surface area contributed by atoms with Gasteiger partial charge in [-0.2, -0.15) is 0 Å². The monoisotopic (exact) mass is 659 g/mol. The molecule has 0 saturated carbocycles. The molecule has 8 nitrogen and oxygen atoms in total. The summed E-state index contributed by atoms with van der Waals surface area (Å²) in [5.41, 5.74) is 0. The Bertz CT molecular complexity index is 959. The Kier molecular flexibility index (Phi) is 28.4. The van der Waals surface area contributed by atoms with Crippen LogP contribution < -0.4 is 5.11 Å². The molecule has 0 amide bonds. The van der Waals surface area contributed by atoms with Crippen LogP contribution in [0.2, 0.25) is 0 Å². The van der Waals surface area contributed by atoms with Crippen molar-refractivity contribution in [3.8, 4) is 0 Å². The maximum Gasteiger partial charge on any atom is 0.306 e. The van der Waals surface area contributed by atoms with E-state index in [1.807, 2.05) is 6.08 Å². The van der Waals surface area contributed by atoms with E-state index in [0.29, 0.717) is 12.8 Å². The minimum Gasteiger partial charge on any atom is -0.544 e. The largest absolute Gasteiger partial charge is 0.544 e. The van der Waals surface area contributed by atoms with Crippen molar-refractivity contribution in [2.45, 2.75) is 129 Å². The van der Waals surface area contributed by atoms with Crippen molar-refractivity contribution in [3.63, 3.8) is 0 Å². The second-order valence-electron chi connectivity index (χ2n) is 12.7. The summed E-state index contributed by atoms with van der Waals surface area (Å²) in [5.74, 6) is -1.86. The molecule has 0 fully saturated rings. The van der Waals surface area contributed by atoms with Gasteiger partial charge in [-0.25, -0.2) is 0 Å². The number of rotatable bonds is 30. The standard InChI is InChI=1S/C39H65NO7/c1-6-8-10-12-14-15-16-17-18-19-20-21-22-24-25-27-29-37(41)46-34-35(33-45-32-31-36(39(43)44)40(3,4)5)47-38(42)30-28-26-23-13-11-9-7-2/h8,10,14-15,17-18,20-21,23,26,35-36H,6-7,9,11-13,16,19,22,24-25,27-34H2,1-5H3/b10-8+,15-14+,18-17+,21-20+,26-23+. The predicted octanol–water partition coefficient (Wildman–Crippen LogP) is 7.35. The van der Waals surface area contributed by atoms with Crippen LogP contribution in [-0.2, 0) is 28.6 Å². The fourth-order valence-corrected chi connectivity index (χ4v) is 4.61. The van der Waals surface area contributed by atoms with E-state index >= 15 is 0 Å². The fraction of sp³-hybridized carbons (Fsp3) is 0.667. The lowest BCUT2D eigenvalue weighted by Crippen LogP contribution is -2.55. The van der Waals surface area contributed by atoms with E-state index in [1.165, 1.54) is 12.8 Å². The van der Waals surface area contributed by atoms with Gasteiger partial charge in [-0.1, -0.05) is 93.9 Å². The van der Waals surface area contributed by atoms with Crippen LogP contribution in [0.15, 0.2) is 60.8 Å². The highest BCUT2D eigenvalue weighted by Gasteiger charge is 2.25. The molecule has 268 valence electrons. The van der Waals surface area contributed by atoms with Gasteiger partial charge in [0.15, 0.2) is 6.10 Å². The summed E-state index contributed by atoms with van der Waals surface area (Å²) >= 11 is 0. The first-order chi connectivity index (χ1) is 22.6. The van der Waals surface area contributed by atoms with Crippen LogP contribution >= 0.6 is 0 Å². The average Bonchev–Trinajstić information content (AvgIpc) is 3.01. The number of carboxylic acid groups (broad SMARTS) is 1. The maximum atomic E-state index is 12.5. The molecule has 0 radical (unpaired) electrons. The lowest BCUT2D eigenvalue weighted by molar-refractivity contribution is -0.889. The highest BCUT2D eigenvalue weighted by atomic mass is 16.6. The van der Waals surface area contributed by atoms with Gasteiger partial charge in [0, 0.05) is 19.3 Å². The van der Waals surface area contributed by atoms with Crippen LogP contribution in [-0.4, -0.2) is 75.5 Å². The molecule has 0 saturated heterocycles. The van der Waals surface area contributed by atoms with Gasteiger partial charge in [-0.3, -0.25) is 9.59 Å². The number of carbonyl (C=O) groups is 3. The number of nitrogens with zero attached hydrogens (tertiary/aromatic N) is 1. The molecule has 0 aliphatic heterocycles. The van der Waals surface area contributed by atoms with E-state index in [4.69, 9.17) is 14.2 Å². The van der Waals surface area contributed by atoms with E-state index in [1.54, 1.807) is 21.1 Å². The van der Waals surface area contributed by atoms with Crippen molar-refractivity contribution < 1.29 is 38.2 Å². The molecule has 0 N–H and O–H groups in total. The van der Waals surface area contributed by atoms with Crippen molar-refractivity contribution in [1.29, 1.82) is 0 Å². The number of allylic oxidation sites excluding steroid dienone is 10. The smallest absolute Gasteiger partial charge is 0.306 e. The molecule has 47 heavy (non-hydrogen) atoms. The van der Waals surface area contributed by atoms with E-state index in [2.05, 4.69) is 68.5 Å². The molecule has 8 heteroatoms. The second-order valence-corrected chi connectivity index (χ2v) is 12.7. The Labute approximate surface area is 286 Å². The molecule has 0 aliphatic carbocycles. The topological polar surface area (TPSA) is 102 Å². The van der Waals surface area contributed by atoms with Crippen LogP contribution in [0.3, 0.4) is 0 Å². The van der Waals surface area contributed by atoms with Gasteiger partial charge >= 0.3 is 11.9 Å². The third kappa shape index (κ3) is 28.9. The number of carboxylic acids is 1. The SMILES string of the molecule is CC/C=C/C/C=C/C/C=C/C/C=C/CCCCCC(=O)OCC(COCCC(C(=O)[O-])[N+](C)(C)C)OC(=O)CC/C=C/CCCCC. The Hall–Kier alpha value is -2.97. The zero-order chi connectivity index (χ0) is 35.0. The zero-order valence-corrected chi connectivity index (χ0v) is 30.2. The highest BCUT2D eigenvalue weighted by molar-refractivity contribution is 5.70. The van der Waals surface area contributed by atoms with Crippen molar-refractivity contribution in [2.24, 2.45) is 0 Å². The van der Waals surface area contributed by atoms with Gasteiger partial charge < -0.3 is 28.6 Å². The fourth-order valence-electron chi connectivity index (χ4n) is 4.61. The van der Waals surface area contributed by atoms with Crippen molar-refractivity contribution in [2.75, 3.05) is 41.0 Å². The number of quaternary nitrogens is 1. The highest BCUT2D eigenvalue weighted by Crippen LogP contribution is 2.10. The van der Waals surface area contributed by atoms with E-state index in [0.717, 1.165) is 64.2 Å². The van der Waals surface area contributed by atoms with Crippen LogP contribution in [0.25, 0.3) is 0 Å². The lowest BCUT2D eigenvalue weighted by atomic mass is 10.1. The Morgan fingerprint density at radius 3 is 1.83 bits per heavy atom. The first-order valence-corrected chi connectivity index (χ1v) is 17.8. The maximum absolute atomic E-state index is 12.5. The Morgan fingerprint density at radius 1 is 0.660 bits per heavy atom.